The average Bonchev–Trinajstić information content (AvgIpc) is 3.05. The topological polar surface area (TPSA) is 101 Å². The number of aromatic amines is 1. The minimum absolute atomic E-state index is 0.0248. The highest BCUT2D eigenvalue weighted by Gasteiger charge is 2.28. The molecule has 24 heavy (non-hydrogen) atoms. The Balaban J connectivity index is 1.70. The van der Waals surface area contributed by atoms with Crippen LogP contribution >= 0.6 is 0 Å². The van der Waals surface area contributed by atoms with Gasteiger partial charge in [0, 0.05) is 30.1 Å². The minimum atomic E-state index is -0.425. The summed E-state index contributed by atoms with van der Waals surface area (Å²) in [7, 11) is 0. The first-order chi connectivity index (χ1) is 11.4. The van der Waals surface area contributed by atoms with Gasteiger partial charge >= 0.3 is 5.69 Å². The maximum atomic E-state index is 11.1. The number of hydrogen-bond acceptors (Lipinski definition) is 6. The average molecular weight is 330 g/mol. The number of rotatable bonds is 3. The number of piperidine rings is 1. The van der Waals surface area contributed by atoms with Crippen molar-refractivity contribution in [3.05, 3.63) is 40.1 Å². The van der Waals surface area contributed by atoms with Crippen LogP contribution in [-0.4, -0.2) is 38.2 Å². The summed E-state index contributed by atoms with van der Waals surface area (Å²) in [4.78, 5) is 20.5. The number of nitrogens with one attached hydrogen (secondary N) is 1. The van der Waals surface area contributed by atoms with E-state index in [0.29, 0.717) is 11.7 Å². The van der Waals surface area contributed by atoms with Crippen molar-refractivity contribution in [2.45, 2.75) is 44.9 Å². The molecule has 1 aliphatic rings. The summed E-state index contributed by atoms with van der Waals surface area (Å²) in [6, 6.07) is 2.15. The van der Waals surface area contributed by atoms with E-state index in [-0.39, 0.29) is 11.1 Å². The van der Waals surface area contributed by atoms with Crippen LogP contribution in [0, 0.1) is 10.1 Å². The first kappa shape index (κ1) is 16.4. The normalized spacial score (nSPS) is 16.4. The first-order valence-electron chi connectivity index (χ1n) is 8.11. The van der Waals surface area contributed by atoms with Crippen LogP contribution in [0.5, 0.6) is 0 Å². The van der Waals surface area contributed by atoms with E-state index in [0.717, 1.165) is 37.3 Å². The SMILES string of the molecule is CC(C)(C)c1cc(C2CCN(c3ncncc3[N+](=O)[O-])CC2)[nH]n1. The van der Waals surface area contributed by atoms with Crippen LogP contribution in [0.1, 0.15) is 50.9 Å². The molecule has 8 nitrogen and oxygen atoms in total. The minimum Gasteiger partial charge on any atom is -0.351 e. The molecule has 2 aromatic heterocycles. The third-order valence-corrected chi connectivity index (χ3v) is 4.47. The molecule has 0 spiro atoms. The highest BCUT2D eigenvalue weighted by atomic mass is 16.6. The van der Waals surface area contributed by atoms with Crippen LogP contribution in [0.15, 0.2) is 18.6 Å². The van der Waals surface area contributed by atoms with Gasteiger partial charge in [0.05, 0.1) is 10.6 Å². The Labute approximate surface area is 140 Å². The zero-order valence-electron chi connectivity index (χ0n) is 14.2. The fourth-order valence-corrected chi connectivity index (χ4v) is 3.02. The molecule has 0 bridgehead atoms. The molecule has 0 saturated carbocycles. The van der Waals surface area contributed by atoms with E-state index in [1.165, 1.54) is 12.5 Å². The Kier molecular flexibility index (Phi) is 4.21. The molecule has 1 N–H and O–H groups in total. The summed E-state index contributed by atoms with van der Waals surface area (Å²) in [6.07, 6.45) is 4.44. The second-order valence-corrected chi connectivity index (χ2v) is 7.21. The van der Waals surface area contributed by atoms with Crippen LogP contribution in [0.3, 0.4) is 0 Å². The zero-order chi connectivity index (χ0) is 17.3. The number of aromatic nitrogens is 4. The monoisotopic (exact) mass is 330 g/mol. The third kappa shape index (κ3) is 3.22. The lowest BCUT2D eigenvalue weighted by Gasteiger charge is -2.31. The fraction of sp³-hybridized carbons (Fsp3) is 0.562. The van der Waals surface area contributed by atoms with Crippen LogP contribution < -0.4 is 4.90 Å². The Morgan fingerprint density at radius 1 is 1.33 bits per heavy atom. The molecular weight excluding hydrogens is 308 g/mol. The van der Waals surface area contributed by atoms with Crippen molar-refractivity contribution < 1.29 is 4.92 Å². The number of hydrogen-bond donors (Lipinski definition) is 1. The molecule has 128 valence electrons. The standard InChI is InChI=1S/C16H22N6O2/c1-16(2,3)14-8-12(19-20-14)11-4-6-21(7-5-11)15-13(22(23)24)9-17-10-18-15/h8-11H,4-7H2,1-3H3,(H,19,20). The number of nitrogens with zero attached hydrogens (tertiary/aromatic N) is 5. The van der Waals surface area contributed by atoms with Gasteiger partial charge in [-0.05, 0) is 18.9 Å². The first-order valence-corrected chi connectivity index (χ1v) is 8.11. The van der Waals surface area contributed by atoms with E-state index < -0.39 is 4.92 Å². The highest BCUT2D eigenvalue weighted by Crippen LogP contribution is 2.33. The molecule has 0 atom stereocenters. The van der Waals surface area contributed by atoms with Crippen molar-refractivity contribution in [3.8, 4) is 0 Å². The number of H-pyrrole nitrogens is 1. The van der Waals surface area contributed by atoms with Gasteiger partial charge in [-0.15, -0.1) is 0 Å². The van der Waals surface area contributed by atoms with Gasteiger partial charge in [0.1, 0.15) is 12.5 Å². The van der Waals surface area contributed by atoms with Gasteiger partial charge in [0.15, 0.2) is 0 Å². The smallest absolute Gasteiger partial charge is 0.329 e. The molecule has 2 aromatic rings. The van der Waals surface area contributed by atoms with E-state index in [1.54, 1.807) is 0 Å². The van der Waals surface area contributed by atoms with Gasteiger partial charge in [0.25, 0.3) is 0 Å². The third-order valence-electron chi connectivity index (χ3n) is 4.47. The van der Waals surface area contributed by atoms with Crippen molar-refractivity contribution in [2.24, 2.45) is 0 Å². The van der Waals surface area contributed by atoms with Crippen LogP contribution in [0.2, 0.25) is 0 Å². The molecule has 8 heteroatoms. The molecule has 3 rings (SSSR count). The van der Waals surface area contributed by atoms with Gasteiger partial charge in [-0.3, -0.25) is 15.2 Å². The van der Waals surface area contributed by atoms with E-state index in [2.05, 4.69) is 47.0 Å². The summed E-state index contributed by atoms with van der Waals surface area (Å²) < 4.78 is 0. The predicted octanol–water partition coefficient (Wildman–Crippen LogP) is 2.79. The Hall–Kier alpha value is -2.51. The molecule has 3 heterocycles. The molecular formula is C16H22N6O2. The lowest BCUT2D eigenvalue weighted by molar-refractivity contribution is -0.384. The highest BCUT2D eigenvalue weighted by molar-refractivity contribution is 5.56. The van der Waals surface area contributed by atoms with Crippen molar-refractivity contribution in [1.29, 1.82) is 0 Å². The van der Waals surface area contributed by atoms with Crippen molar-refractivity contribution in [2.75, 3.05) is 18.0 Å². The molecule has 0 aliphatic carbocycles. The summed E-state index contributed by atoms with van der Waals surface area (Å²) in [5, 5.41) is 18.7. The maximum Gasteiger partial charge on any atom is 0.329 e. The molecule has 1 fully saturated rings. The van der Waals surface area contributed by atoms with Gasteiger partial charge in [0.2, 0.25) is 5.82 Å². The largest absolute Gasteiger partial charge is 0.351 e. The summed E-state index contributed by atoms with van der Waals surface area (Å²) >= 11 is 0. The second kappa shape index (κ2) is 6.18. The quantitative estimate of drug-likeness (QED) is 0.686. The van der Waals surface area contributed by atoms with E-state index in [1.807, 2.05) is 4.90 Å². The Bertz CT molecular complexity index is 728. The van der Waals surface area contributed by atoms with Crippen LogP contribution in [-0.2, 0) is 5.41 Å². The number of anilines is 1. The fourth-order valence-electron chi connectivity index (χ4n) is 3.02. The van der Waals surface area contributed by atoms with E-state index >= 15 is 0 Å². The molecule has 0 amide bonds. The Morgan fingerprint density at radius 3 is 2.62 bits per heavy atom. The second-order valence-electron chi connectivity index (χ2n) is 7.21. The summed E-state index contributed by atoms with van der Waals surface area (Å²) in [6.45, 7) is 7.89. The molecule has 1 saturated heterocycles. The van der Waals surface area contributed by atoms with E-state index in [4.69, 9.17) is 0 Å². The van der Waals surface area contributed by atoms with Gasteiger partial charge < -0.3 is 4.90 Å². The maximum absolute atomic E-state index is 11.1. The summed E-state index contributed by atoms with van der Waals surface area (Å²) in [5.74, 6) is 0.805. The number of nitro groups is 1. The molecule has 0 radical (unpaired) electrons. The molecule has 0 aromatic carbocycles. The van der Waals surface area contributed by atoms with Crippen LogP contribution in [0.25, 0.3) is 0 Å². The molecule has 1 aliphatic heterocycles. The van der Waals surface area contributed by atoms with Crippen molar-refractivity contribution in [3.63, 3.8) is 0 Å². The van der Waals surface area contributed by atoms with Crippen molar-refractivity contribution >= 4 is 11.5 Å². The zero-order valence-corrected chi connectivity index (χ0v) is 14.2. The predicted molar refractivity (Wildman–Crippen MR) is 90.2 cm³/mol. The van der Waals surface area contributed by atoms with Gasteiger partial charge in [-0.2, -0.15) is 5.10 Å². The lowest BCUT2D eigenvalue weighted by Crippen LogP contribution is -2.34. The van der Waals surface area contributed by atoms with Gasteiger partial charge in [-0.1, -0.05) is 20.8 Å². The van der Waals surface area contributed by atoms with E-state index in [9.17, 15) is 10.1 Å². The van der Waals surface area contributed by atoms with Crippen LogP contribution in [0.4, 0.5) is 11.5 Å². The molecule has 0 unspecified atom stereocenters. The lowest BCUT2D eigenvalue weighted by atomic mass is 9.89. The Morgan fingerprint density at radius 2 is 2.04 bits per heavy atom. The summed E-state index contributed by atoms with van der Waals surface area (Å²) in [5.41, 5.74) is 2.20. The van der Waals surface area contributed by atoms with Crippen molar-refractivity contribution in [1.82, 2.24) is 20.2 Å². The van der Waals surface area contributed by atoms with Gasteiger partial charge in [-0.25, -0.2) is 9.97 Å².